The molecule has 0 aliphatic rings. The standard InChI is InChI=1S/C7H3BrClN3O2/c8-4-1-3-5(10-11-7(3)9)2-6(4)12(13)14/h1-2H,(H,10,11). The summed E-state index contributed by atoms with van der Waals surface area (Å²) in [6.07, 6.45) is 0. The first-order valence-electron chi connectivity index (χ1n) is 3.57. The summed E-state index contributed by atoms with van der Waals surface area (Å²) in [5.74, 6) is 0. The van der Waals surface area contributed by atoms with E-state index in [2.05, 4.69) is 26.1 Å². The molecule has 2 rings (SSSR count). The van der Waals surface area contributed by atoms with Crippen LogP contribution in [0.4, 0.5) is 5.69 Å². The van der Waals surface area contributed by atoms with Crippen molar-refractivity contribution in [3.05, 3.63) is 31.9 Å². The SMILES string of the molecule is O=[N+]([O-])c1cc2n[nH]c(Cl)c2cc1Br. The number of rotatable bonds is 1. The van der Waals surface area contributed by atoms with E-state index >= 15 is 0 Å². The van der Waals surface area contributed by atoms with E-state index in [-0.39, 0.29) is 5.69 Å². The predicted molar refractivity (Wildman–Crippen MR) is 55.5 cm³/mol. The van der Waals surface area contributed by atoms with Crippen LogP contribution in [0.15, 0.2) is 16.6 Å². The highest BCUT2D eigenvalue weighted by atomic mass is 79.9. The fraction of sp³-hybridized carbons (Fsp3) is 0. The summed E-state index contributed by atoms with van der Waals surface area (Å²) in [6, 6.07) is 2.93. The molecule has 0 radical (unpaired) electrons. The number of aromatic nitrogens is 2. The van der Waals surface area contributed by atoms with Gasteiger partial charge in [-0.15, -0.1) is 0 Å². The van der Waals surface area contributed by atoms with Crippen molar-refractivity contribution in [1.29, 1.82) is 0 Å². The fourth-order valence-electron chi connectivity index (χ4n) is 1.13. The summed E-state index contributed by atoms with van der Waals surface area (Å²) >= 11 is 8.86. The van der Waals surface area contributed by atoms with Crippen molar-refractivity contribution >= 4 is 44.1 Å². The van der Waals surface area contributed by atoms with E-state index in [1.165, 1.54) is 6.07 Å². The first kappa shape index (κ1) is 9.42. The molecule has 1 heterocycles. The minimum absolute atomic E-state index is 0.0272. The van der Waals surface area contributed by atoms with Crippen LogP contribution in [-0.2, 0) is 0 Å². The highest BCUT2D eigenvalue weighted by Gasteiger charge is 2.15. The molecule has 0 amide bonds. The molecule has 72 valence electrons. The van der Waals surface area contributed by atoms with E-state index in [9.17, 15) is 10.1 Å². The number of H-pyrrole nitrogens is 1. The summed E-state index contributed by atoms with van der Waals surface area (Å²) in [7, 11) is 0. The number of fused-ring (bicyclic) bond motifs is 1. The first-order valence-corrected chi connectivity index (χ1v) is 4.74. The molecule has 14 heavy (non-hydrogen) atoms. The molecular formula is C7H3BrClN3O2. The van der Waals surface area contributed by atoms with Crippen LogP contribution in [0, 0.1) is 10.1 Å². The predicted octanol–water partition coefficient (Wildman–Crippen LogP) is 2.89. The van der Waals surface area contributed by atoms with Crippen molar-refractivity contribution in [1.82, 2.24) is 10.2 Å². The van der Waals surface area contributed by atoms with Crippen LogP contribution < -0.4 is 0 Å². The van der Waals surface area contributed by atoms with Gasteiger partial charge in [0.2, 0.25) is 0 Å². The second-order valence-corrected chi connectivity index (χ2v) is 3.85. The fourth-order valence-corrected chi connectivity index (χ4v) is 1.81. The number of nitrogens with zero attached hydrogens (tertiary/aromatic N) is 2. The maximum atomic E-state index is 10.6. The van der Waals surface area contributed by atoms with Crippen molar-refractivity contribution in [2.75, 3.05) is 0 Å². The summed E-state index contributed by atoms with van der Waals surface area (Å²) in [5.41, 5.74) is 0.450. The van der Waals surface area contributed by atoms with Gasteiger partial charge in [-0.2, -0.15) is 5.10 Å². The topological polar surface area (TPSA) is 71.8 Å². The molecule has 0 atom stereocenters. The second-order valence-electron chi connectivity index (χ2n) is 2.62. The lowest BCUT2D eigenvalue weighted by Gasteiger charge is -1.94. The molecule has 1 N–H and O–H groups in total. The Balaban J connectivity index is 2.79. The van der Waals surface area contributed by atoms with Gasteiger partial charge in [0.15, 0.2) is 0 Å². The zero-order chi connectivity index (χ0) is 10.3. The van der Waals surface area contributed by atoms with E-state index in [1.807, 2.05) is 0 Å². The van der Waals surface area contributed by atoms with Crippen LogP contribution in [0.3, 0.4) is 0 Å². The molecule has 0 saturated carbocycles. The molecule has 0 saturated heterocycles. The quantitative estimate of drug-likeness (QED) is 0.643. The minimum atomic E-state index is -0.480. The Labute approximate surface area is 91.3 Å². The maximum Gasteiger partial charge on any atom is 0.285 e. The zero-order valence-corrected chi connectivity index (χ0v) is 8.96. The normalized spacial score (nSPS) is 10.7. The van der Waals surface area contributed by atoms with Gasteiger partial charge in [-0.3, -0.25) is 15.2 Å². The summed E-state index contributed by atoms with van der Waals surface area (Å²) in [5, 5.41) is 18.0. The van der Waals surface area contributed by atoms with Crippen LogP contribution in [0.5, 0.6) is 0 Å². The van der Waals surface area contributed by atoms with Gasteiger partial charge in [-0.05, 0) is 22.0 Å². The molecule has 7 heteroatoms. The zero-order valence-electron chi connectivity index (χ0n) is 6.62. The van der Waals surface area contributed by atoms with E-state index in [0.29, 0.717) is 20.5 Å². The van der Waals surface area contributed by atoms with Crippen molar-refractivity contribution < 1.29 is 4.92 Å². The van der Waals surface area contributed by atoms with Crippen molar-refractivity contribution in [2.45, 2.75) is 0 Å². The second kappa shape index (κ2) is 3.21. The van der Waals surface area contributed by atoms with Crippen LogP contribution in [0.25, 0.3) is 10.9 Å². The van der Waals surface area contributed by atoms with Crippen molar-refractivity contribution in [3.8, 4) is 0 Å². The van der Waals surface area contributed by atoms with Gasteiger partial charge in [-0.1, -0.05) is 11.6 Å². The van der Waals surface area contributed by atoms with Gasteiger partial charge in [0.25, 0.3) is 5.69 Å². The molecule has 0 unspecified atom stereocenters. The average Bonchev–Trinajstić information content (AvgIpc) is 2.46. The number of nitro groups is 1. The number of aromatic amines is 1. The monoisotopic (exact) mass is 275 g/mol. The van der Waals surface area contributed by atoms with Crippen LogP contribution in [0.1, 0.15) is 0 Å². The molecule has 0 spiro atoms. The third-order valence-electron chi connectivity index (χ3n) is 1.77. The third kappa shape index (κ3) is 1.36. The lowest BCUT2D eigenvalue weighted by atomic mass is 10.2. The Hall–Kier alpha value is -1.14. The lowest BCUT2D eigenvalue weighted by molar-refractivity contribution is -0.385. The number of halogens is 2. The highest BCUT2D eigenvalue weighted by Crippen LogP contribution is 2.31. The molecule has 0 fully saturated rings. The van der Waals surface area contributed by atoms with Gasteiger partial charge in [0.1, 0.15) is 10.7 Å². The molecule has 0 bridgehead atoms. The van der Waals surface area contributed by atoms with Crippen molar-refractivity contribution in [3.63, 3.8) is 0 Å². The molecule has 2 aromatic rings. The molecule has 0 aliphatic carbocycles. The van der Waals surface area contributed by atoms with Crippen molar-refractivity contribution in [2.24, 2.45) is 0 Å². The molecule has 5 nitrogen and oxygen atoms in total. The summed E-state index contributed by atoms with van der Waals surface area (Å²) in [4.78, 5) is 10.1. The van der Waals surface area contributed by atoms with Crippen LogP contribution in [0.2, 0.25) is 5.15 Å². The third-order valence-corrected chi connectivity index (χ3v) is 2.70. The number of benzene rings is 1. The summed E-state index contributed by atoms with van der Waals surface area (Å²) < 4.78 is 0.387. The molecular weight excluding hydrogens is 273 g/mol. The van der Waals surface area contributed by atoms with Gasteiger partial charge < -0.3 is 0 Å². The average molecular weight is 276 g/mol. The van der Waals surface area contributed by atoms with Gasteiger partial charge in [-0.25, -0.2) is 0 Å². The van der Waals surface area contributed by atoms with E-state index < -0.39 is 4.92 Å². The Morgan fingerprint density at radius 3 is 2.93 bits per heavy atom. The van der Waals surface area contributed by atoms with Gasteiger partial charge in [0.05, 0.1) is 9.40 Å². The first-order chi connectivity index (χ1) is 6.59. The van der Waals surface area contributed by atoms with E-state index in [0.717, 1.165) is 0 Å². The Morgan fingerprint density at radius 1 is 1.57 bits per heavy atom. The summed E-state index contributed by atoms with van der Waals surface area (Å²) in [6.45, 7) is 0. The number of nitro benzene ring substituents is 1. The Morgan fingerprint density at radius 2 is 2.29 bits per heavy atom. The van der Waals surface area contributed by atoms with Gasteiger partial charge >= 0.3 is 0 Å². The number of nitrogens with one attached hydrogen (secondary N) is 1. The number of hydrogen-bond donors (Lipinski definition) is 1. The Bertz CT molecular complexity index is 525. The molecule has 1 aromatic heterocycles. The van der Waals surface area contributed by atoms with E-state index in [1.54, 1.807) is 6.07 Å². The molecule has 0 aliphatic heterocycles. The van der Waals surface area contributed by atoms with Gasteiger partial charge in [0, 0.05) is 11.5 Å². The maximum absolute atomic E-state index is 10.6. The Kier molecular flexibility index (Phi) is 2.16. The minimum Gasteiger partial charge on any atom is -0.266 e. The van der Waals surface area contributed by atoms with E-state index in [4.69, 9.17) is 11.6 Å². The lowest BCUT2D eigenvalue weighted by Crippen LogP contribution is -1.88. The van der Waals surface area contributed by atoms with Crippen LogP contribution in [-0.4, -0.2) is 15.1 Å². The van der Waals surface area contributed by atoms with Crippen LogP contribution >= 0.6 is 27.5 Å². The highest BCUT2D eigenvalue weighted by molar-refractivity contribution is 9.10. The molecule has 1 aromatic carbocycles. The smallest absolute Gasteiger partial charge is 0.266 e. The largest absolute Gasteiger partial charge is 0.285 e. The number of hydrogen-bond acceptors (Lipinski definition) is 3.